The van der Waals surface area contributed by atoms with Crippen molar-refractivity contribution in [2.24, 2.45) is 17.8 Å². The first kappa shape index (κ1) is 21.3. The molecule has 0 spiro atoms. The minimum Gasteiger partial charge on any atom is -0.376 e. The number of hydrogen-bond acceptors (Lipinski definition) is 4. The van der Waals surface area contributed by atoms with E-state index in [0.29, 0.717) is 29.0 Å². The third-order valence-corrected chi connectivity index (χ3v) is 7.21. The summed E-state index contributed by atoms with van der Waals surface area (Å²) in [4.78, 5) is 26.5. The van der Waals surface area contributed by atoms with Gasteiger partial charge in [0.05, 0.1) is 12.1 Å². The van der Waals surface area contributed by atoms with Crippen LogP contribution in [-0.2, 0) is 4.74 Å². The molecule has 2 saturated carbocycles. The maximum Gasteiger partial charge on any atom is 0.268 e. The van der Waals surface area contributed by atoms with Crippen molar-refractivity contribution in [1.82, 2.24) is 15.2 Å². The molecule has 3 fully saturated rings. The van der Waals surface area contributed by atoms with E-state index < -0.39 is 5.56 Å². The lowest BCUT2D eigenvalue weighted by molar-refractivity contribution is -0.0211. The summed E-state index contributed by atoms with van der Waals surface area (Å²) in [6.07, 6.45) is 5.84. The zero-order chi connectivity index (χ0) is 22.2. The van der Waals surface area contributed by atoms with Gasteiger partial charge in [0.25, 0.3) is 11.5 Å². The first-order valence-corrected chi connectivity index (χ1v) is 11.6. The number of benzene rings is 1. The minimum atomic E-state index is -0.402. The van der Waals surface area contributed by atoms with Crippen LogP contribution in [-0.4, -0.2) is 42.3 Å². The molecular weight excluding hydrogens is 409 g/mol. The lowest BCUT2D eigenvalue weighted by Gasteiger charge is -2.38. The smallest absolute Gasteiger partial charge is 0.268 e. The van der Waals surface area contributed by atoms with Gasteiger partial charge in [-0.15, -0.1) is 0 Å². The number of halogens is 1. The lowest BCUT2D eigenvalue weighted by atomic mass is 9.77. The van der Waals surface area contributed by atoms with Crippen molar-refractivity contribution in [1.29, 1.82) is 0 Å². The molecule has 6 nitrogen and oxygen atoms in total. The van der Waals surface area contributed by atoms with E-state index >= 15 is 0 Å². The van der Waals surface area contributed by atoms with Crippen molar-refractivity contribution < 1.29 is 13.9 Å². The number of nitrogens with one attached hydrogen (secondary N) is 2. The number of aromatic nitrogens is 1. The summed E-state index contributed by atoms with van der Waals surface area (Å²) in [5.41, 5.74) is 0.872. The van der Waals surface area contributed by atoms with Crippen LogP contribution in [0.4, 0.5) is 4.39 Å². The summed E-state index contributed by atoms with van der Waals surface area (Å²) >= 11 is 0. The second-order valence-electron chi connectivity index (χ2n) is 9.57. The van der Waals surface area contributed by atoms with E-state index in [4.69, 9.17) is 4.74 Å². The predicted octanol–water partition coefficient (Wildman–Crippen LogP) is 2.81. The monoisotopic (exact) mass is 439 g/mol. The maximum absolute atomic E-state index is 13.3. The SMILES string of the molecule is Cc1ccn(-c2ccc(F)cc2)c(=O)c1C(=O)N[C@H]1C[C@H]2CNC[C@H]2C[C@@H]1OCC1CC1. The fourth-order valence-electron chi connectivity index (χ4n) is 5.11. The molecule has 2 aliphatic carbocycles. The number of hydrogen-bond donors (Lipinski definition) is 2. The van der Waals surface area contributed by atoms with Crippen LogP contribution >= 0.6 is 0 Å². The van der Waals surface area contributed by atoms with Crippen LogP contribution in [0.5, 0.6) is 0 Å². The van der Waals surface area contributed by atoms with E-state index in [9.17, 15) is 14.0 Å². The molecule has 1 aliphatic heterocycles. The Morgan fingerprint density at radius 3 is 2.59 bits per heavy atom. The number of rotatable bonds is 6. The molecule has 2 heterocycles. The number of nitrogens with zero attached hydrogens (tertiary/aromatic N) is 1. The molecule has 1 aromatic carbocycles. The number of carbonyl (C=O) groups is 1. The Bertz CT molecular complexity index is 1050. The summed E-state index contributed by atoms with van der Waals surface area (Å²) in [5.74, 6) is 1.03. The Balaban J connectivity index is 1.38. The molecule has 7 heteroatoms. The van der Waals surface area contributed by atoms with Crippen LogP contribution in [0, 0.1) is 30.5 Å². The number of ether oxygens (including phenoxy) is 1. The van der Waals surface area contributed by atoms with Gasteiger partial charge >= 0.3 is 0 Å². The minimum absolute atomic E-state index is 0.0240. The van der Waals surface area contributed by atoms with Gasteiger partial charge in [-0.25, -0.2) is 4.39 Å². The fraction of sp³-hybridized carbons (Fsp3) is 0.520. The average Bonchev–Trinajstić information content (AvgIpc) is 3.49. The fourth-order valence-corrected chi connectivity index (χ4v) is 5.11. The standard InChI is InChI=1S/C25H30FN3O3/c1-15-8-9-29(20-6-4-19(26)5-7-20)25(31)23(15)24(30)28-21-10-17-12-27-13-18(17)11-22(21)32-14-16-2-3-16/h4-9,16-18,21-22,27H,2-3,10-14H2,1H3,(H,28,30)/t17-,18+,21-,22-/m0/s1. The molecule has 3 aliphatic rings. The van der Waals surface area contributed by atoms with Gasteiger partial charge in [-0.1, -0.05) is 0 Å². The number of carbonyl (C=O) groups excluding carboxylic acids is 1. The van der Waals surface area contributed by atoms with Crippen molar-refractivity contribution in [3.63, 3.8) is 0 Å². The van der Waals surface area contributed by atoms with Gasteiger partial charge in [0.2, 0.25) is 0 Å². The van der Waals surface area contributed by atoms with E-state index in [1.54, 1.807) is 19.2 Å². The Hall–Kier alpha value is -2.51. The van der Waals surface area contributed by atoms with Gasteiger partial charge in [0, 0.05) is 18.5 Å². The molecule has 5 rings (SSSR count). The number of pyridine rings is 1. The molecule has 0 unspecified atom stereocenters. The van der Waals surface area contributed by atoms with Crippen LogP contribution in [0.2, 0.25) is 0 Å². The number of fused-ring (bicyclic) bond motifs is 1. The molecule has 0 bridgehead atoms. The van der Waals surface area contributed by atoms with Gasteiger partial charge in [-0.2, -0.15) is 0 Å². The highest BCUT2D eigenvalue weighted by Crippen LogP contribution is 2.36. The van der Waals surface area contributed by atoms with Crippen molar-refractivity contribution in [3.8, 4) is 5.69 Å². The van der Waals surface area contributed by atoms with Crippen molar-refractivity contribution in [3.05, 3.63) is 63.8 Å². The first-order chi connectivity index (χ1) is 15.5. The van der Waals surface area contributed by atoms with Gasteiger partial charge in [-0.3, -0.25) is 14.2 Å². The van der Waals surface area contributed by atoms with Gasteiger partial charge < -0.3 is 15.4 Å². The third-order valence-electron chi connectivity index (χ3n) is 7.21. The molecule has 2 aromatic rings. The van der Waals surface area contributed by atoms with E-state index in [2.05, 4.69) is 10.6 Å². The second kappa shape index (κ2) is 8.79. The number of amides is 1. The second-order valence-corrected chi connectivity index (χ2v) is 9.57. The van der Waals surface area contributed by atoms with Crippen molar-refractivity contribution >= 4 is 5.91 Å². The van der Waals surface area contributed by atoms with Gasteiger partial charge in [-0.05, 0) is 99.3 Å². The third kappa shape index (κ3) is 4.36. The molecule has 0 radical (unpaired) electrons. The van der Waals surface area contributed by atoms with Crippen LogP contribution in [0.3, 0.4) is 0 Å². The van der Waals surface area contributed by atoms with E-state index in [-0.39, 0.29) is 29.4 Å². The van der Waals surface area contributed by atoms with Crippen LogP contribution in [0.1, 0.15) is 41.6 Å². The molecular formula is C25H30FN3O3. The van der Waals surface area contributed by atoms with Gasteiger partial charge in [0.1, 0.15) is 11.4 Å². The molecule has 2 N–H and O–H groups in total. The normalized spacial score (nSPS) is 27.2. The highest BCUT2D eigenvalue weighted by molar-refractivity contribution is 5.95. The van der Waals surface area contributed by atoms with Crippen LogP contribution < -0.4 is 16.2 Å². The quantitative estimate of drug-likeness (QED) is 0.726. The van der Waals surface area contributed by atoms with Gasteiger partial charge in [0.15, 0.2) is 0 Å². The Kier molecular flexibility index (Phi) is 5.86. The Morgan fingerprint density at radius 1 is 1.16 bits per heavy atom. The summed E-state index contributed by atoms with van der Waals surface area (Å²) in [6, 6.07) is 7.31. The van der Waals surface area contributed by atoms with Crippen molar-refractivity contribution in [2.75, 3.05) is 19.7 Å². The number of aryl methyl sites for hydroxylation is 1. The maximum atomic E-state index is 13.3. The van der Waals surface area contributed by atoms with Crippen LogP contribution in [0.25, 0.3) is 5.69 Å². The average molecular weight is 440 g/mol. The molecule has 1 aromatic heterocycles. The zero-order valence-electron chi connectivity index (χ0n) is 18.4. The molecule has 1 amide bonds. The summed E-state index contributed by atoms with van der Waals surface area (Å²) in [5, 5.41) is 6.61. The molecule has 32 heavy (non-hydrogen) atoms. The molecule has 1 saturated heterocycles. The Morgan fingerprint density at radius 2 is 1.88 bits per heavy atom. The van der Waals surface area contributed by atoms with Crippen molar-refractivity contribution in [2.45, 2.75) is 44.8 Å². The molecule has 170 valence electrons. The Labute approximate surface area is 187 Å². The topological polar surface area (TPSA) is 72.4 Å². The summed E-state index contributed by atoms with van der Waals surface area (Å²) in [6.45, 7) is 4.50. The summed E-state index contributed by atoms with van der Waals surface area (Å²) in [7, 11) is 0. The van der Waals surface area contributed by atoms with E-state index in [1.165, 1.54) is 41.7 Å². The zero-order valence-corrected chi connectivity index (χ0v) is 18.4. The summed E-state index contributed by atoms with van der Waals surface area (Å²) < 4.78 is 21.0. The largest absolute Gasteiger partial charge is 0.376 e. The van der Waals surface area contributed by atoms with Crippen LogP contribution in [0.15, 0.2) is 41.3 Å². The highest BCUT2D eigenvalue weighted by atomic mass is 19.1. The molecule has 4 atom stereocenters. The predicted molar refractivity (Wildman–Crippen MR) is 120 cm³/mol. The van der Waals surface area contributed by atoms with E-state index in [0.717, 1.165) is 32.5 Å². The van der Waals surface area contributed by atoms with E-state index in [1.807, 2.05) is 0 Å². The first-order valence-electron chi connectivity index (χ1n) is 11.6. The highest BCUT2D eigenvalue weighted by Gasteiger charge is 2.41. The lowest BCUT2D eigenvalue weighted by Crippen LogP contribution is -2.51.